The Morgan fingerprint density at radius 3 is 2.57 bits per heavy atom. The molecule has 0 bridgehead atoms. The van der Waals surface area contributed by atoms with Gasteiger partial charge in [-0.1, -0.05) is 49.7 Å². The summed E-state index contributed by atoms with van der Waals surface area (Å²) in [6, 6.07) is 18.3. The number of hydrogen-bond donors (Lipinski definition) is 3. The van der Waals surface area contributed by atoms with Gasteiger partial charge in [-0.15, -0.1) is 11.3 Å². The van der Waals surface area contributed by atoms with Crippen molar-refractivity contribution < 1.29 is 19.1 Å². The van der Waals surface area contributed by atoms with Crippen molar-refractivity contribution >= 4 is 51.7 Å². The van der Waals surface area contributed by atoms with E-state index in [1.165, 1.54) is 11.3 Å². The number of aromatic nitrogens is 3. The van der Waals surface area contributed by atoms with E-state index in [4.69, 9.17) is 32.5 Å². The molecule has 44 heavy (non-hydrogen) atoms. The summed E-state index contributed by atoms with van der Waals surface area (Å²) in [4.78, 5) is 33.6. The van der Waals surface area contributed by atoms with Gasteiger partial charge >= 0.3 is 5.97 Å². The highest BCUT2D eigenvalue weighted by Gasteiger charge is 2.21. The predicted molar refractivity (Wildman–Crippen MR) is 173 cm³/mol. The number of imidazole rings is 1. The lowest BCUT2D eigenvalue weighted by Gasteiger charge is -2.16. The van der Waals surface area contributed by atoms with Crippen LogP contribution in [0.4, 0.5) is 5.82 Å². The number of rotatable bonds is 12. The van der Waals surface area contributed by atoms with E-state index in [0.29, 0.717) is 28.0 Å². The number of halogens is 1. The molecule has 1 amide bonds. The molecule has 10 nitrogen and oxygen atoms in total. The van der Waals surface area contributed by atoms with Crippen molar-refractivity contribution in [3.63, 3.8) is 0 Å². The van der Waals surface area contributed by atoms with Crippen molar-refractivity contribution in [2.24, 2.45) is 17.4 Å². The smallest absolute Gasteiger partial charge is 0.323 e. The summed E-state index contributed by atoms with van der Waals surface area (Å²) < 4.78 is 13.3. The van der Waals surface area contributed by atoms with E-state index < -0.39 is 24.0 Å². The Balaban J connectivity index is 1.32. The number of nitrogens with zero attached hydrogens (tertiary/aromatic N) is 3. The maximum Gasteiger partial charge on any atom is 0.323 e. The summed E-state index contributed by atoms with van der Waals surface area (Å²) in [5, 5.41) is 4.50. The van der Waals surface area contributed by atoms with Crippen molar-refractivity contribution in [2.75, 3.05) is 18.5 Å². The molecule has 3 aromatic heterocycles. The van der Waals surface area contributed by atoms with Gasteiger partial charge in [0.2, 0.25) is 0 Å². The third kappa shape index (κ3) is 6.85. The lowest BCUT2D eigenvalue weighted by Crippen LogP contribution is -2.37. The zero-order valence-corrected chi connectivity index (χ0v) is 26.1. The van der Waals surface area contributed by atoms with Crippen molar-refractivity contribution in [1.29, 1.82) is 0 Å². The van der Waals surface area contributed by atoms with Crippen molar-refractivity contribution in [3.8, 4) is 21.9 Å². The van der Waals surface area contributed by atoms with Crippen molar-refractivity contribution in [2.45, 2.75) is 32.9 Å². The fraction of sp³-hybridized carbons (Fsp3) is 0.250. The van der Waals surface area contributed by atoms with Gasteiger partial charge in [-0.05, 0) is 54.3 Å². The van der Waals surface area contributed by atoms with Gasteiger partial charge in [-0.3, -0.25) is 14.2 Å². The van der Waals surface area contributed by atoms with Gasteiger partial charge in [0, 0.05) is 22.8 Å². The highest BCUT2D eigenvalue weighted by Crippen LogP contribution is 2.37. The van der Waals surface area contributed by atoms with E-state index in [9.17, 15) is 9.59 Å². The minimum Gasteiger partial charge on any atom is -0.484 e. The Morgan fingerprint density at radius 2 is 1.82 bits per heavy atom. The Hall–Kier alpha value is -4.45. The lowest BCUT2D eigenvalue weighted by atomic mass is 10.1. The number of esters is 1. The molecule has 12 heteroatoms. The molecular weight excluding hydrogens is 600 g/mol. The number of anilines is 1. The number of thiophene rings is 1. The minimum atomic E-state index is -0.641. The first kappa shape index (κ1) is 31.0. The number of fused-ring (bicyclic) bond motifs is 1. The van der Waals surface area contributed by atoms with E-state index in [2.05, 4.69) is 15.3 Å². The first-order valence-corrected chi connectivity index (χ1v) is 15.3. The van der Waals surface area contributed by atoms with Gasteiger partial charge in [0.1, 0.15) is 46.5 Å². The Kier molecular flexibility index (Phi) is 9.48. The number of primary amides is 1. The topological polar surface area (TPSA) is 147 Å². The summed E-state index contributed by atoms with van der Waals surface area (Å²) in [5.41, 5.74) is 15.9. The van der Waals surface area contributed by atoms with E-state index in [1.54, 1.807) is 24.7 Å². The van der Waals surface area contributed by atoms with Crippen LogP contribution in [0.1, 0.15) is 42.1 Å². The third-order valence-corrected chi connectivity index (χ3v) is 8.55. The number of nitrogens with one attached hydrogen (secondary N) is 1. The van der Waals surface area contributed by atoms with Crippen LogP contribution >= 0.6 is 22.9 Å². The second-order valence-electron chi connectivity index (χ2n) is 10.5. The zero-order chi connectivity index (χ0) is 31.4. The average Bonchev–Trinajstić information content (AvgIpc) is 3.63. The zero-order valence-electron chi connectivity index (χ0n) is 24.5. The van der Waals surface area contributed by atoms with Crippen LogP contribution < -0.4 is 21.5 Å². The summed E-state index contributed by atoms with van der Waals surface area (Å²) >= 11 is 7.59. The van der Waals surface area contributed by atoms with Gasteiger partial charge in [-0.25, -0.2) is 9.97 Å². The average molecular weight is 633 g/mol. The maximum absolute atomic E-state index is 12.3. The molecule has 0 aliphatic heterocycles. The Labute approximate surface area is 264 Å². The molecule has 5 aromatic rings. The second-order valence-corrected chi connectivity index (χ2v) is 12.0. The Bertz CT molecular complexity index is 1800. The lowest BCUT2D eigenvalue weighted by molar-refractivity contribution is -0.145. The number of hydrogen-bond acceptors (Lipinski definition) is 9. The largest absolute Gasteiger partial charge is 0.484 e. The minimum absolute atomic E-state index is 0.00997. The number of carbonyl (C=O) groups is 2. The number of benzene rings is 2. The Morgan fingerprint density at radius 1 is 1.05 bits per heavy atom. The standard InChI is InChI=1S/C32H33ClN6O4S/c1-18(2)29(34)32(41)42-13-12-37-27-15-21(10-11-36-27)20-8-9-25-24(14-20)38-17-39(25)28-16-26(30(44-28)31(35)40)43-19(3)22-6-4-5-7-23(22)33/h4-11,14-19,29H,12-13,34H2,1-3H3,(H2,35,40)(H,36,37)/t19-,29+/m1/s1. The molecule has 0 aliphatic rings. The van der Waals surface area contributed by atoms with Crippen LogP contribution in [0.5, 0.6) is 5.75 Å². The van der Waals surface area contributed by atoms with Crippen molar-refractivity contribution in [3.05, 3.63) is 88.7 Å². The van der Waals surface area contributed by atoms with Gasteiger partial charge in [0.25, 0.3) is 5.91 Å². The molecule has 5 N–H and O–H groups in total. The van der Waals surface area contributed by atoms with E-state index in [-0.39, 0.29) is 12.5 Å². The molecule has 0 saturated carbocycles. The first-order chi connectivity index (χ1) is 21.1. The first-order valence-electron chi connectivity index (χ1n) is 14.1. The van der Waals surface area contributed by atoms with Crippen LogP contribution in [-0.2, 0) is 9.53 Å². The number of amides is 1. The molecular formula is C32H33ClN6O4S. The number of pyridine rings is 1. The SMILES string of the molecule is CC(C)[C@H](N)C(=O)OCCNc1cc(-c2ccc3c(c2)ncn3-c2cc(O[C@H](C)c3ccccc3Cl)c(C(N)=O)s2)ccn1. The van der Waals surface area contributed by atoms with Crippen LogP contribution in [0, 0.1) is 5.92 Å². The number of ether oxygens (including phenoxy) is 2. The summed E-state index contributed by atoms with van der Waals surface area (Å²) in [6.07, 6.45) is 3.02. The third-order valence-electron chi connectivity index (χ3n) is 7.08. The van der Waals surface area contributed by atoms with Crippen LogP contribution in [0.15, 0.2) is 73.2 Å². The molecule has 2 atom stereocenters. The van der Waals surface area contributed by atoms with Crippen LogP contribution in [-0.4, -0.2) is 45.6 Å². The van der Waals surface area contributed by atoms with Crippen LogP contribution in [0.25, 0.3) is 27.2 Å². The highest BCUT2D eigenvalue weighted by atomic mass is 35.5. The summed E-state index contributed by atoms with van der Waals surface area (Å²) in [7, 11) is 0. The fourth-order valence-electron chi connectivity index (χ4n) is 4.57. The molecule has 2 aromatic carbocycles. The van der Waals surface area contributed by atoms with Gasteiger partial charge in [0.15, 0.2) is 0 Å². The van der Waals surface area contributed by atoms with E-state index >= 15 is 0 Å². The van der Waals surface area contributed by atoms with E-state index in [0.717, 1.165) is 32.7 Å². The van der Waals surface area contributed by atoms with Crippen molar-refractivity contribution in [1.82, 2.24) is 14.5 Å². The van der Waals surface area contributed by atoms with Gasteiger partial charge in [0.05, 0.1) is 17.6 Å². The quantitative estimate of drug-likeness (QED) is 0.112. The number of nitrogens with two attached hydrogens (primary N) is 2. The molecule has 0 unspecified atom stereocenters. The maximum atomic E-state index is 12.3. The molecule has 0 spiro atoms. The van der Waals surface area contributed by atoms with Crippen LogP contribution in [0.2, 0.25) is 5.02 Å². The number of carbonyl (C=O) groups excluding carboxylic acids is 2. The molecule has 0 fully saturated rings. The molecule has 0 radical (unpaired) electrons. The summed E-state index contributed by atoms with van der Waals surface area (Å²) in [5.74, 6) is 0.0516. The van der Waals surface area contributed by atoms with E-state index in [1.807, 2.05) is 73.9 Å². The molecule has 0 saturated heterocycles. The van der Waals surface area contributed by atoms with Crippen LogP contribution in [0.3, 0.4) is 0 Å². The highest BCUT2D eigenvalue weighted by molar-refractivity contribution is 7.16. The summed E-state index contributed by atoms with van der Waals surface area (Å²) in [6.45, 7) is 6.20. The predicted octanol–water partition coefficient (Wildman–Crippen LogP) is 5.98. The molecule has 3 heterocycles. The second kappa shape index (κ2) is 13.5. The monoisotopic (exact) mass is 632 g/mol. The molecule has 228 valence electrons. The normalized spacial score (nSPS) is 12.7. The van der Waals surface area contributed by atoms with Gasteiger partial charge < -0.3 is 26.3 Å². The molecule has 5 rings (SSSR count). The van der Waals surface area contributed by atoms with Gasteiger partial charge in [-0.2, -0.15) is 0 Å². The fourth-order valence-corrected chi connectivity index (χ4v) is 5.79. The molecule has 0 aliphatic carbocycles.